The third-order valence-electron chi connectivity index (χ3n) is 3.10. The largest absolute Gasteiger partial charge is 0.372 e. The van der Waals surface area contributed by atoms with Gasteiger partial charge in [0.1, 0.15) is 6.61 Å². The molecule has 3 heteroatoms. The lowest BCUT2D eigenvalue weighted by molar-refractivity contribution is -0.135. The number of amides is 1. The van der Waals surface area contributed by atoms with E-state index in [-0.39, 0.29) is 17.9 Å². The average molecular weight is 239 g/mol. The molecule has 0 saturated carbocycles. The molecule has 1 heterocycles. The van der Waals surface area contributed by atoms with E-state index in [4.69, 9.17) is 4.74 Å². The Kier molecular flexibility index (Phi) is 5.19. The summed E-state index contributed by atoms with van der Waals surface area (Å²) in [6.45, 7) is 11.2. The van der Waals surface area contributed by atoms with Gasteiger partial charge in [-0.25, -0.2) is 0 Å². The molecule has 0 fully saturated rings. The Morgan fingerprint density at radius 2 is 2.18 bits per heavy atom. The molecule has 0 saturated heterocycles. The Morgan fingerprint density at radius 1 is 1.47 bits per heavy atom. The summed E-state index contributed by atoms with van der Waals surface area (Å²) in [6, 6.07) is 0. The van der Waals surface area contributed by atoms with Gasteiger partial charge in [-0.1, -0.05) is 39.3 Å². The summed E-state index contributed by atoms with van der Waals surface area (Å²) in [5.41, 5.74) is 1.68. The quantitative estimate of drug-likeness (QED) is 0.557. The second-order valence-electron chi connectivity index (χ2n) is 5.62. The lowest BCUT2D eigenvalue weighted by Crippen LogP contribution is -2.38. The van der Waals surface area contributed by atoms with E-state index in [2.05, 4.69) is 26.8 Å². The molecule has 17 heavy (non-hydrogen) atoms. The maximum absolute atomic E-state index is 11.8. The summed E-state index contributed by atoms with van der Waals surface area (Å²) in [5.74, 6) is 0.114. The molecule has 0 aromatic rings. The zero-order valence-corrected chi connectivity index (χ0v) is 11.6. The Morgan fingerprint density at radius 3 is 2.65 bits per heavy atom. The van der Waals surface area contributed by atoms with Gasteiger partial charge < -0.3 is 9.64 Å². The molecule has 98 valence electrons. The summed E-state index contributed by atoms with van der Waals surface area (Å²) in [5, 5.41) is 0. The van der Waals surface area contributed by atoms with Gasteiger partial charge >= 0.3 is 0 Å². The molecular weight excluding hydrogens is 214 g/mol. The fourth-order valence-electron chi connectivity index (χ4n) is 1.97. The molecular formula is C14H25NO2. The molecule has 0 unspecified atom stereocenters. The van der Waals surface area contributed by atoms with Crippen LogP contribution in [0.25, 0.3) is 0 Å². The first-order valence-corrected chi connectivity index (χ1v) is 6.50. The molecule has 0 bridgehead atoms. The monoisotopic (exact) mass is 239 g/mol. The Bertz CT molecular complexity index is 289. The van der Waals surface area contributed by atoms with Gasteiger partial charge in [-0.15, -0.1) is 0 Å². The highest BCUT2D eigenvalue weighted by Gasteiger charge is 2.23. The number of rotatable bonds is 4. The highest BCUT2D eigenvalue weighted by atomic mass is 16.5. The Labute approximate surface area is 105 Å². The van der Waals surface area contributed by atoms with Crippen molar-refractivity contribution in [1.82, 2.24) is 4.90 Å². The number of ether oxygens (including phenoxy) is 1. The lowest BCUT2D eigenvalue weighted by atomic mass is 9.83. The van der Waals surface area contributed by atoms with Crippen molar-refractivity contribution in [2.75, 3.05) is 26.3 Å². The minimum absolute atomic E-state index is 0.114. The van der Waals surface area contributed by atoms with Crippen molar-refractivity contribution in [3.8, 4) is 0 Å². The van der Waals surface area contributed by atoms with Gasteiger partial charge in [-0.2, -0.15) is 0 Å². The standard InChI is InChI=1S/C14H25NO2/c1-5-10-17-11-13(16)15-8-6-12(7-9-15)14(2,3)4/h6H,5,7-11H2,1-4H3. The average Bonchev–Trinajstić information content (AvgIpc) is 2.28. The van der Waals surface area contributed by atoms with Crippen LogP contribution < -0.4 is 0 Å². The third-order valence-corrected chi connectivity index (χ3v) is 3.10. The Balaban J connectivity index is 2.41. The normalized spacial score (nSPS) is 16.9. The predicted molar refractivity (Wildman–Crippen MR) is 69.8 cm³/mol. The van der Waals surface area contributed by atoms with Crippen LogP contribution in [0.2, 0.25) is 0 Å². The molecule has 0 atom stereocenters. The van der Waals surface area contributed by atoms with Gasteiger partial charge in [0.15, 0.2) is 0 Å². The first-order valence-electron chi connectivity index (χ1n) is 6.50. The highest BCUT2D eigenvalue weighted by molar-refractivity contribution is 5.77. The van der Waals surface area contributed by atoms with Gasteiger partial charge in [-0.3, -0.25) is 4.79 Å². The fourth-order valence-corrected chi connectivity index (χ4v) is 1.97. The zero-order valence-electron chi connectivity index (χ0n) is 11.6. The van der Waals surface area contributed by atoms with E-state index in [9.17, 15) is 4.79 Å². The zero-order chi connectivity index (χ0) is 12.9. The van der Waals surface area contributed by atoms with Crippen molar-refractivity contribution in [2.24, 2.45) is 5.41 Å². The minimum atomic E-state index is 0.114. The maximum atomic E-state index is 11.8. The van der Waals surface area contributed by atoms with Crippen LogP contribution in [0.3, 0.4) is 0 Å². The molecule has 0 aromatic heterocycles. The first kappa shape index (κ1) is 14.2. The van der Waals surface area contributed by atoms with Gasteiger partial charge in [0.2, 0.25) is 5.91 Å². The van der Waals surface area contributed by atoms with Gasteiger partial charge in [0, 0.05) is 19.7 Å². The van der Waals surface area contributed by atoms with E-state index in [1.807, 2.05) is 11.8 Å². The summed E-state index contributed by atoms with van der Waals surface area (Å²) >= 11 is 0. The Hall–Kier alpha value is -0.830. The second-order valence-corrected chi connectivity index (χ2v) is 5.62. The van der Waals surface area contributed by atoms with E-state index in [1.165, 1.54) is 5.57 Å². The molecule has 1 aliphatic rings. The number of nitrogens with zero attached hydrogens (tertiary/aromatic N) is 1. The van der Waals surface area contributed by atoms with Crippen molar-refractivity contribution >= 4 is 5.91 Å². The SMILES string of the molecule is CCCOCC(=O)N1CC=C(C(C)(C)C)CC1. The van der Waals surface area contributed by atoms with Crippen molar-refractivity contribution < 1.29 is 9.53 Å². The smallest absolute Gasteiger partial charge is 0.248 e. The molecule has 1 rings (SSSR count). The van der Waals surface area contributed by atoms with Crippen molar-refractivity contribution in [3.63, 3.8) is 0 Å². The number of hydrogen-bond donors (Lipinski definition) is 0. The van der Waals surface area contributed by atoms with Crippen LogP contribution in [0.1, 0.15) is 40.5 Å². The number of carbonyl (C=O) groups excluding carboxylic acids is 1. The maximum Gasteiger partial charge on any atom is 0.248 e. The van der Waals surface area contributed by atoms with E-state index in [0.29, 0.717) is 6.61 Å². The van der Waals surface area contributed by atoms with E-state index >= 15 is 0 Å². The molecule has 0 N–H and O–H groups in total. The highest BCUT2D eigenvalue weighted by Crippen LogP contribution is 2.29. The summed E-state index contributed by atoms with van der Waals surface area (Å²) in [7, 11) is 0. The van der Waals surface area contributed by atoms with Crippen molar-refractivity contribution in [2.45, 2.75) is 40.5 Å². The summed E-state index contributed by atoms with van der Waals surface area (Å²) < 4.78 is 5.28. The van der Waals surface area contributed by atoms with Gasteiger partial charge in [0.25, 0.3) is 0 Å². The van der Waals surface area contributed by atoms with E-state index in [0.717, 1.165) is 25.9 Å². The van der Waals surface area contributed by atoms with Crippen LogP contribution in [-0.2, 0) is 9.53 Å². The molecule has 0 radical (unpaired) electrons. The molecule has 0 aliphatic carbocycles. The minimum Gasteiger partial charge on any atom is -0.372 e. The van der Waals surface area contributed by atoms with Crippen LogP contribution in [0, 0.1) is 5.41 Å². The van der Waals surface area contributed by atoms with E-state index < -0.39 is 0 Å². The van der Waals surface area contributed by atoms with Crippen molar-refractivity contribution in [3.05, 3.63) is 11.6 Å². The molecule has 1 aliphatic heterocycles. The lowest BCUT2D eigenvalue weighted by Gasteiger charge is -2.32. The van der Waals surface area contributed by atoms with Crippen LogP contribution in [0.15, 0.2) is 11.6 Å². The molecule has 3 nitrogen and oxygen atoms in total. The summed E-state index contributed by atoms with van der Waals surface area (Å²) in [4.78, 5) is 13.7. The second kappa shape index (κ2) is 6.20. The van der Waals surface area contributed by atoms with Crippen molar-refractivity contribution in [1.29, 1.82) is 0 Å². The van der Waals surface area contributed by atoms with E-state index in [1.54, 1.807) is 0 Å². The van der Waals surface area contributed by atoms with Gasteiger partial charge in [-0.05, 0) is 18.3 Å². The van der Waals surface area contributed by atoms with Crippen LogP contribution in [-0.4, -0.2) is 37.1 Å². The molecule has 0 aromatic carbocycles. The number of hydrogen-bond acceptors (Lipinski definition) is 2. The third kappa shape index (κ3) is 4.50. The first-order chi connectivity index (χ1) is 7.95. The van der Waals surface area contributed by atoms with Crippen LogP contribution in [0.5, 0.6) is 0 Å². The fraction of sp³-hybridized carbons (Fsp3) is 0.786. The van der Waals surface area contributed by atoms with Gasteiger partial charge in [0.05, 0.1) is 0 Å². The van der Waals surface area contributed by atoms with Crippen LogP contribution in [0.4, 0.5) is 0 Å². The molecule has 0 spiro atoms. The molecule has 1 amide bonds. The number of carbonyl (C=O) groups is 1. The summed E-state index contributed by atoms with van der Waals surface area (Å²) in [6.07, 6.45) is 4.14. The predicted octanol–water partition coefficient (Wildman–Crippen LogP) is 2.62. The van der Waals surface area contributed by atoms with Crippen LogP contribution >= 0.6 is 0 Å². The topological polar surface area (TPSA) is 29.5 Å².